The SMILES string of the molecule is c1ccc(-n2nnnc2Sc2ccc3nccnc3n2)cc1. The Morgan fingerprint density at radius 1 is 0.909 bits per heavy atom. The van der Waals surface area contributed by atoms with Gasteiger partial charge in [0, 0.05) is 12.4 Å². The number of fused-ring (bicyclic) bond motifs is 1. The minimum absolute atomic E-state index is 0.603. The molecule has 0 atom stereocenters. The molecule has 0 unspecified atom stereocenters. The summed E-state index contributed by atoms with van der Waals surface area (Å²) in [5.74, 6) is 0. The molecule has 0 N–H and O–H groups in total. The average Bonchev–Trinajstić information content (AvgIpc) is 3.04. The van der Waals surface area contributed by atoms with Crippen LogP contribution in [0.3, 0.4) is 0 Å². The van der Waals surface area contributed by atoms with Gasteiger partial charge in [-0.1, -0.05) is 18.2 Å². The van der Waals surface area contributed by atoms with Gasteiger partial charge in [-0.05, 0) is 46.5 Å². The van der Waals surface area contributed by atoms with Gasteiger partial charge in [-0.25, -0.2) is 9.97 Å². The van der Waals surface area contributed by atoms with Crippen molar-refractivity contribution in [2.24, 2.45) is 0 Å². The summed E-state index contributed by atoms with van der Waals surface area (Å²) in [5, 5.41) is 13.2. The molecule has 106 valence electrons. The normalized spacial score (nSPS) is 10.9. The van der Waals surface area contributed by atoms with Gasteiger partial charge in [-0.3, -0.25) is 4.98 Å². The fraction of sp³-hybridized carbons (Fsp3) is 0. The number of aromatic nitrogens is 7. The molecular weight excluding hydrogens is 298 g/mol. The van der Waals surface area contributed by atoms with Crippen molar-refractivity contribution >= 4 is 22.9 Å². The molecule has 0 aliphatic heterocycles. The third kappa shape index (κ3) is 2.40. The van der Waals surface area contributed by atoms with Gasteiger partial charge in [-0.2, -0.15) is 4.68 Å². The van der Waals surface area contributed by atoms with Gasteiger partial charge in [0.2, 0.25) is 5.16 Å². The van der Waals surface area contributed by atoms with E-state index in [9.17, 15) is 0 Å². The third-order valence-electron chi connectivity index (χ3n) is 2.94. The van der Waals surface area contributed by atoms with Crippen molar-refractivity contribution < 1.29 is 0 Å². The van der Waals surface area contributed by atoms with E-state index in [4.69, 9.17) is 0 Å². The van der Waals surface area contributed by atoms with E-state index < -0.39 is 0 Å². The second kappa shape index (κ2) is 5.49. The monoisotopic (exact) mass is 307 g/mol. The van der Waals surface area contributed by atoms with Gasteiger partial charge < -0.3 is 0 Å². The van der Waals surface area contributed by atoms with Crippen LogP contribution in [-0.2, 0) is 0 Å². The predicted molar refractivity (Wildman–Crippen MR) is 80.6 cm³/mol. The van der Waals surface area contributed by atoms with Gasteiger partial charge in [0.15, 0.2) is 5.65 Å². The van der Waals surface area contributed by atoms with Crippen molar-refractivity contribution in [1.29, 1.82) is 0 Å². The lowest BCUT2D eigenvalue weighted by atomic mass is 10.3. The topological polar surface area (TPSA) is 82.3 Å². The van der Waals surface area contributed by atoms with Crippen molar-refractivity contribution in [2.45, 2.75) is 10.2 Å². The maximum Gasteiger partial charge on any atom is 0.220 e. The molecule has 1 aromatic carbocycles. The van der Waals surface area contributed by atoms with E-state index in [0.29, 0.717) is 10.8 Å². The molecule has 0 saturated heterocycles. The quantitative estimate of drug-likeness (QED) is 0.573. The molecule has 7 nitrogen and oxygen atoms in total. The fourth-order valence-electron chi connectivity index (χ4n) is 1.96. The lowest BCUT2D eigenvalue weighted by Crippen LogP contribution is -1.98. The van der Waals surface area contributed by atoms with Crippen LogP contribution >= 0.6 is 11.8 Å². The molecular formula is C14H9N7S. The first-order valence-corrected chi connectivity index (χ1v) is 7.31. The number of hydrogen-bond donors (Lipinski definition) is 0. The summed E-state index contributed by atoms with van der Waals surface area (Å²) >= 11 is 1.38. The molecule has 22 heavy (non-hydrogen) atoms. The Morgan fingerprint density at radius 2 is 1.77 bits per heavy atom. The summed E-state index contributed by atoms with van der Waals surface area (Å²) in [6.45, 7) is 0. The predicted octanol–water partition coefficient (Wildman–Crippen LogP) is 2.15. The van der Waals surface area contributed by atoms with Crippen LogP contribution in [0.4, 0.5) is 0 Å². The minimum atomic E-state index is 0.603. The Balaban J connectivity index is 1.70. The molecule has 0 amide bonds. The van der Waals surface area contributed by atoms with Crippen molar-refractivity contribution in [1.82, 2.24) is 35.2 Å². The summed E-state index contributed by atoms with van der Waals surface area (Å²) in [6.07, 6.45) is 3.27. The standard InChI is InChI=1S/C14H9N7S/c1-2-4-10(5-3-1)21-14(18-19-20-21)22-12-7-6-11-13(17-12)16-9-8-15-11/h1-9H. The van der Waals surface area contributed by atoms with Crippen LogP contribution in [0.1, 0.15) is 0 Å². The van der Waals surface area contributed by atoms with E-state index >= 15 is 0 Å². The Kier molecular flexibility index (Phi) is 3.20. The van der Waals surface area contributed by atoms with E-state index in [0.717, 1.165) is 16.2 Å². The zero-order chi connectivity index (χ0) is 14.8. The van der Waals surface area contributed by atoms with E-state index in [2.05, 4.69) is 30.5 Å². The number of benzene rings is 1. The molecule has 0 aliphatic rings. The Labute approximate surface area is 129 Å². The molecule has 3 heterocycles. The zero-order valence-electron chi connectivity index (χ0n) is 11.2. The van der Waals surface area contributed by atoms with Crippen LogP contribution in [-0.4, -0.2) is 35.2 Å². The molecule has 0 radical (unpaired) electrons. The number of para-hydroxylation sites is 1. The number of hydrogen-bond acceptors (Lipinski definition) is 7. The summed E-state index contributed by atoms with van der Waals surface area (Å²) in [5.41, 5.74) is 2.26. The minimum Gasteiger partial charge on any atom is -0.251 e. The van der Waals surface area contributed by atoms with Crippen molar-refractivity contribution in [3.05, 3.63) is 54.9 Å². The largest absolute Gasteiger partial charge is 0.251 e. The van der Waals surface area contributed by atoms with E-state index in [1.165, 1.54) is 11.8 Å². The van der Waals surface area contributed by atoms with Gasteiger partial charge in [-0.15, -0.1) is 5.10 Å². The van der Waals surface area contributed by atoms with Crippen molar-refractivity contribution in [3.8, 4) is 5.69 Å². The Hall–Kier alpha value is -2.87. The molecule has 4 rings (SSSR count). The van der Waals surface area contributed by atoms with Crippen molar-refractivity contribution in [2.75, 3.05) is 0 Å². The molecule has 0 bridgehead atoms. The van der Waals surface area contributed by atoms with E-state index in [-0.39, 0.29) is 0 Å². The van der Waals surface area contributed by atoms with Crippen molar-refractivity contribution in [3.63, 3.8) is 0 Å². The van der Waals surface area contributed by atoms with Gasteiger partial charge in [0.1, 0.15) is 10.5 Å². The number of tetrazole rings is 1. The van der Waals surface area contributed by atoms with Gasteiger partial charge in [0.25, 0.3) is 0 Å². The summed E-state index contributed by atoms with van der Waals surface area (Å²) in [4.78, 5) is 12.9. The van der Waals surface area contributed by atoms with Crippen LogP contribution in [0.25, 0.3) is 16.9 Å². The average molecular weight is 307 g/mol. The Morgan fingerprint density at radius 3 is 2.68 bits per heavy atom. The molecule has 4 aromatic rings. The third-order valence-corrected chi connectivity index (χ3v) is 3.82. The first kappa shape index (κ1) is 12.8. The molecule has 0 saturated carbocycles. The molecule has 0 aliphatic carbocycles. The second-order valence-corrected chi connectivity index (χ2v) is 5.35. The second-order valence-electron chi connectivity index (χ2n) is 4.36. The number of rotatable bonds is 3. The highest BCUT2D eigenvalue weighted by molar-refractivity contribution is 7.99. The van der Waals surface area contributed by atoms with Crippen LogP contribution in [0.15, 0.2) is 65.0 Å². The molecule has 0 spiro atoms. The van der Waals surface area contributed by atoms with E-state index in [1.54, 1.807) is 17.1 Å². The summed E-state index contributed by atoms with van der Waals surface area (Å²) in [7, 11) is 0. The maximum absolute atomic E-state index is 4.47. The molecule has 3 aromatic heterocycles. The lowest BCUT2D eigenvalue weighted by Gasteiger charge is -2.03. The molecule has 8 heteroatoms. The zero-order valence-corrected chi connectivity index (χ0v) is 12.1. The van der Waals surface area contributed by atoms with Crippen LogP contribution < -0.4 is 0 Å². The summed E-state index contributed by atoms with van der Waals surface area (Å²) < 4.78 is 1.67. The summed E-state index contributed by atoms with van der Waals surface area (Å²) in [6, 6.07) is 13.5. The smallest absolute Gasteiger partial charge is 0.220 e. The highest BCUT2D eigenvalue weighted by Gasteiger charge is 2.11. The number of pyridine rings is 1. The fourth-order valence-corrected chi connectivity index (χ4v) is 2.72. The first-order valence-electron chi connectivity index (χ1n) is 6.49. The first-order chi connectivity index (χ1) is 10.9. The van der Waals surface area contributed by atoms with Gasteiger partial charge in [0.05, 0.1) is 5.69 Å². The van der Waals surface area contributed by atoms with Crippen LogP contribution in [0.2, 0.25) is 0 Å². The van der Waals surface area contributed by atoms with E-state index in [1.807, 2.05) is 42.5 Å². The van der Waals surface area contributed by atoms with Crippen LogP contribution in [0.5, 0.6) is 0 Å². The number of nitrogens with zero attached hydrogens (tertiary/aromatic N) is 7. The highest BCUT2D eigenvalue weighted by atomic mass is 32.2. The lowest BCUT2D eigenvalue weighted by molar-refractivity contribution is 0.756. The van der Waals surface area contributed by atoms with Crippen LogP contribution in [0, 0.1) is 0 Å². The Bertz CT molecular complexity index is 923. The van der Waals surface area contributed by atoms with Gasteiger partial charge >= 0.3 is 0 Å². The highest BCUT2D eigenvalue weighted by Crippen LogP contribution is 2.26. The maximum atomic E-state index is 4.47. The molecule has 0 fully saturated rings.